The Bertz CT molecular complexity index is 536. The van der Waals surface area contributed by atoms with Crippen LogP contribution in [0, 0.1) is 0 Å². The van der Waals surface area contributed by atoms with Crippen LogP contribution in [-0.4, -0.2) is 19.0 Å². The van der Waals surface area contributed by atoms with Gasteiger partial charge in [0.2, 0.25) is 0 Å². The van der Waals surface area contributed by atoms with Crippen LogP contribution in [0.1, 0.15) is 17.7 Å². The van der Waals surface area contributed by atoms with E-state index < -0.39 is 0 Å². The highest BCUT2D eigenvalue weighted by Gasteiger charge is 2.21. The van der Waals surface area contributed by atoms with Gasteiger partial charge in [-0.15, -0.1) is 11.3 Å². The average Bonchev–Trinajstić information content (AvgIpc) is 3.11. The number of aliphatic imine (C=N–C) groups is 1. The van der Waals surface area contributed by atoms with Crippen molar-refractivity contribution in [2.45, 2.75) is 25.4 Å². The van der Waals surface area contributed by atoms with E-state index in [0.717, 1.165) is 12.5 Å². The first kappa shape index (κ1) is 11.5. The first-order chi connectivity index (χ1) is 8.85. The van der Waals surface area contributed by atoms with E-state index in [1.807, 2.05) is 18.4 Å². The molecule has 0 aliphatic heterocycles. The third kappa shape index (κ3) is 2.64. The van der Waals surface area contributed by atoms with Gasteiger partial charge in [0.1, 0.15) is 0 Å². The lowest BCUT2D eigenvalue weighted by atomic mass is 10.2. The maximum atomic E-state index is 4.24. The largest absolute Gasteiger partial charge is 0.354 e. The fourth-order valence-electron chi connectivity index (χ4n) is 1.91. The second-order valence-corrected chi connectivity index (χ2v) is 5.76. The van der Waals surface area contributed by atoms with Crippen LogP contribution in [0.2, 0.25) is 0 Å². The van der Waals surface area contributed by atoms with Crippen molar-refractivity contribution in [3.05, 3.63) is 35.2 Å². The molecule has 94 valence electrons. The fraction of sp³-hybridized carbons (Fsp3) is 0.357. The molecule has 0 atom stereocenters. The van der Waals surface area contributed by atoms with E-state index in [-0.39, 0.29) is 0 Å². The highest BCUT2D eigenvalue weighted by molar-refractivity contribution is 7.19. The summed E-state index contributed by atoms with van der Waals surface area (Å²) in [5.41, 5.74) is 0. The van der Waals surface area contributed by atoms with Gasteiger partial charge < -0.3 is 10.6 Å². The van der Waals surface area contributed by atoms with Crippen molar-refractivity contribution in [3.8, 4) is 0 Å². The van der Waals surface area contributed by atoms with Gasteiger partial charge in [-0.1, -0.05) is 18.2 Å². The molecule has 2 aromatic rings. The van der Waals surface area contributed by atoms with Gasteiger partial charge in [-0.05, 0) is 30.4 Å². The molecule has 1 aliphatic carbocycles. The number of thiophene rings is 1. The quantitative estimate of drug-likeness (QED) is 0.657. The zero-order valence-corrected chi connectivity index (χ0v) is 11.3. The molecule has 18 heavy (non-hydrogen) atoms. The topological polar surface area (TPSA) is 36.4 Å². The predicted octanol–water partition coefficient (Wildman–Crippen LogP) is 2.73. The number of nitrogens with zero attached hydrogens (tertiary/aromatic N) is 1. The van der Waals surface area contributed by atoms with Gasteiger partial charge in [-0.3, -0.25) is 4.99 Å². The summed E-state index contributed by atoms with van der Waals surface area (Å²) >= 11 is 1.84. The van der Waals surface area contributed by atoms with Crippen LogP contribution >= 0.6 is 11.3 Å². The first-order valence-corrected chi connectivity index (χ1v) is 7.11. The average molecular weight is 259 g/mol. The molecule has 3 nitrogen and oxygen atoms in total. The van der Waals surface area contributed by atoms with Gasteiger partial charge in [0.05, 0.1) is 6.54 Å². The van der Waals surface area contributed by atoms with Crippen molar-refractivity contribution in [1.82, 2.24) is 10.6 Å². The smallest absolute Gasteiger partial charge is 0.191 e. The Morgan fingerprint density at radius 2 is 2.22 bits per heavy atom. The van der Waals surface area contributed by atoms with Crippen molar-refractivity contribution >= 4 is 27.4 Å². The second kappa shape index (κ2) is 4.98. The lowest BCUT2D eigenvalue weighted by molar-refractivity contribution is 0.812. The molecule has 3 rings (SSSR count). The van der Waals surface area contributed by atoms with Gasteiger partial charge in [0.25, 0.3) is 0 Å². The van der Waals surface area contributed by atoms with E-state index in [9.17, 15) is 0 Å². The van der Waals surface area contributed by atoms with E-state index in [2.05, 4.69) is 46.0 Å². The Hall–Kier alpha value is -1.55. The summed E-state index contributed by atoms with van der Waals surface area (Å²) in [6.07, 6.45) is 2.53. The molecule has 2 N–H and O–H groups in total. The number of hydrogen-bond acceptors (Lipinski definition) is 2. The Kier molecular flexibility index (Phi) is 3.19. The zero-order valence-electron chi connectivity index (χ0n) is 10.4. The van der Waals surface area contributed by atoms with Crippen LogP contribution in [0.25, 0.3) is 10.1 Å². The van der Waals surface area contributed by atoms with Gasteiger partial charge in [-0.2, -0.15) is 0 Å². The Labute approximate surface area is 111 Å². The summed E-state index contributed by atoms with van der Waals surface area (Å²) in [5.74, 6) is 0.912. The molecule has 0 saturated heterocycles. The van der Waals surface area contributed by atoms with Crippen LogP contribution in [0.3, 0.4) is 0 Å². The maximum absolute atomic E-state index is 4.24. The number of hydrogen-bond donors (Lipinski definition) is 2. The van der Waals surface area contributed by atoms with Crippen molar-refractivity contribution in [2.75, 3.05) is 7.05 Å². The molecule has 0 bridgehead atoms. The minimum absolute atomic E-state index is 0.638. The minimum atomic E-state index is 0.638. The van der Waals surface area contributed by atoms with Gasteiger partial charge >= 0.3 is 0 Å². The number of rotatable bonds is 3. The fourth-order valence-corrected chi connectivity index (χ4v) is 2.91. The van der Waals surface area contributed by atoms with E-state index in [4.69, 9.17) is 0 Å². The summed E-state index contributed by atoms with van der Waals surface area (Å²) in [6.45, 7) is 0.839. The minimum Gasteiger partial charge on any atom is -0.354 e. The molecule has 1 fully saturated rings. The molecule has 1 aliphatic rings. The number of benzene rings is 1. The van der Waals surface area contributed by atoms with E-state index in [1.165, 1.54) is 27.8 Å². The second-order valence-electron chi connectivity index (χ2n) is 4.59. The highest BCUT2D eigenvalue weighted by atomic mass is 32.1. The molecule has 1 aromatic carbocycles. The molecular formula is C14H17N3S. The van der Waals surface area contributed by atoms with Crippen LogP contribution < -0.4 is 10.6 Å². The molecular weight excluding hydrogens is 242 g/mol. The maximum Gasteiger partial charge on any atom is 0.191 e. The van der Waals surface area contributed by atoms with Crippen molar-refractivity contribution in [3.63, 3.8) is 0 Å². The standard InChI is InChI=1S/C14H17N3S/c1-15-14(17-11-6-7-11)16-9-12-8-10-4-2-3-5-13(10)18-12/h2-5,8,11H,6-7,9H2,1H3,(H2,15,16,17). The summed E-state index contributed by atoms with van der Waals surface area (Å²) in [7, 11) is 1.82. The summed E-state index contributed by atoms with van der Waals surface area (Å²) in [6, 6.07) is 11.4. The predicted molar refractivity (Wildman–Crippen MR) is 78.2 cm³/mol. The van der Waals surface area contributed by atoms with Crippen LogP contribution in [0.15, 0.2) is 35.3 Å². The zero-order chi connectivity index (χ0) is 12.4. The Morgan fingerprint density at radius 1 is 1.39 bits per heavy atom. The molecule has 1 aromatic heterocycles. The third-order valence-electron chi connectivity index (χ3n) is 3.05. The number of fused-ring (bicyclic) bond motifs is 1. The molecule has 0 amide bonds. The van der Waals surface area contributed by atoms with Gasteiger partial charge in [0.15, 0.2) is 5.96 Å². The van der Waals surface area contributed by atoms with Crippen molar-refractivity contribution < 1.29 is 0 Å². The Morgan fingerprint density at radius 3 is 2.94 bits per heavy atom. The van der Waals surface area contributed by atoms with Crippen molar-refractivity contribution in [2.24, 2.45) is 4.99 Å². The van der Waals surface area contributed by atoms with Crippen molar-refractivity contribution in [1.29, 1.82) is 0 Å². The van der Waals surface area contributed by atoms with E-state index in [1.54, 1.807) is 0 Å². The Balaban J connectivity index is 1.64. The number of nitrogens with one attached hydrogen (secondary N) is 2. The molecule has 0 radical (unpaired) electrons. The molecule has 0 spiro atoms. The monoisotopic (exact) mass is 259 g/mol. The van der Waals surface area contributed by atoms with E-state index in [0.29, 0.717) is 6.04 Å². The molecule has 0 unspecified atom stereocenters. The third-order valence-corrected chi connectivity index (χ3v) is 4.16. The number of guanidine groups is 1. The lowest BCUT2D eigenvalue weighted by Crippen LogP contribution is -2.37. The SMILES string of the molecule is CN=C(NCc1cc2ccccc2s1)NC1CC1. The van der Waals surface area contributed by atoms with Crippen LogP contribution in [-0.2, 0) is 6.54 Å². The van der Waals surface area contributed by atoms with Gasteiger partial charge in [-0.25, -0.2) is 0 Å². The van der Waals surface area contributed by atoms with Gasteiger partial charge in [0, 0.05) is 22.7 Å². The highest BCUT2D eigenvalue weighted by Crippen LogP contribution is 2.25. The normalized spacial score (nSPS) is 15.9. The van der Waals surface area contributed by atoms with E-state index >= 15 is 0 Å². The first-order valence-electron chi connectivity index (χ1n) is 6.30. The molecule has 1 saturated carbocycles. The summed E-state index contributed by atoms with van der Waals surface area (Å²) in [5, 5.41) is 8.08. The molecule has 1 heterocycles. The summed E-state index contributed by atoms with van der Waals surface area (Å²) in [4.78, 5) is 5.58. The van der Waals surface area contributed by atoms with Crippen LogP contribution in [0.4, 0.5) is 0 Å². The summed E-state index contributed by atoms with van der Waals surface area (Å²) < 4.78 is 1.35. The molecule has 4 heteroatoms. The van der Waals surface area contributed by atoms with Crippen LogP contribution in [0.5, 0.6) is 0 Å². The lowest BCUT2D eigenvalue weighted by Gasteiger charge is -2.09.